The van der Waals surface area contributed by atoms with E-state index in [9.17, 15) is 4.39 Å². The normalized spacial score (nSPS) is 10.2. The number of anilines is 1. The molecule has 0 saturated heterocycles. The Bertz CT molecular complexity index is 371. The van der Waals surface area contributed by atoms with E-state index in [0.29, 0.717) is 18.0 Å². The molecule has 0 aliphatic rings. The summed E-state index contributed by atoms with van der Waals surface area (Å²) in [7, 11) is 2.95. The number of rotatable bonds is 8. The monoisotopic (exact) mass is 257 g/mol. The number of ether oxygens (including phenoxy) is 2. The van der Waals surface area contributed by atoms with Crippen molar-refractivity contribution in [3.63, 3.8) is 0 Å². The van der Waals surface area contributed by atoms with E-state index in [-0.39, 0.29) is 12.4 Å². The molecular weight excluding hydrogens is 237 g/mol. The first-order valence-corrected chi connectivity index (χ1v) is 5.99. The Morgan fingerprint density at radius 3 is 2.44 bits per heavy atom. The predicted molar refractivity (Wildman–Crippen MR) is 68.9 cm³/mol. The number of halogens is 1. The van der Waals surface area contributed by atoms with Crippen molar-refractivity contribution >= 4 is 5.69 Å². The van der Waals surface area contributed by atoms with Gasteiger partial charge in [-0.3, -0.25) is 0 Å². The zero-order valence-electron chi connectivity index (χ0n) is 10.8. The van der Waals surface area contributed by atoms with E-state index >= 15 is 0 Å². The third-order valence-electron chi connectivity index (χ3n) is 2.62. The number of hydrogen-bond donors (Lipinski definition) is 2. The van der Waals surface area contributed by atoms with E-state index < -0.39 is 5.82 Å². The van der Waals surface area contributed by atoms with E-state index in [4.69, 9.17) is 14.6 Å². The first-order chi connectivity index (χ1) is 8.72. The van der Waals surface area contributed by atoms with Crippen molar-refractivity contribution in [2.75, 3.05) is 32.7 Å². The molecular formula is C13H20FNO3. The average molecular weight is 257 g/mol. The Morgan fingerprint density at radius 1 is 1.11 bits per heavy atom. The number of methoxy groups -OCH3 is 2. The number of hydrogen-bond acceptors (Lipinski definition) is 4. The molecule has 18 heavy (non-hydrogen) atoms. The summed E-state index contributed by atoms with van der Waals surface area (Å²) in [5, 5.41) is 11.8. The molecule has 1 aromatic rings. The first-order valence-electron chi connectivity index (χ1n) is 5.99. The number of nitrogens with one attached hydrogen (secondary N) is 1. The van der Waals surface area contributed by atoms with Gasteiger partial charge < -0.3 is 19.9 Å². The maximum Gasteiger partial charge on any atom is 0.167 e. The number of aliphatic hydroxyl groups excluding tert-OH is 1. The van der Waals surface area contributed by atoms with Crippen LogP contribution in [0.25, 0.3) is 0 Å². The highest BCUT2D eigenvalue weighted by Gasteiger charge is 2.10. The van der Waals surface area contributed by atoms with Gasteiger partial charge in [0, 0.05) is 25.3 Å². The minimum atomic E-state index is -0.420. The van der Waals surface area contributed by atoms with Crippen LogP contribution in [0.15, 0.2) is 12.1 Å². The minimum absolute atomic E-state index is 0.165. The summed E-state index contributed by atoms with van der Waals surface area (Å²) in [5.74, 6) is 0.296. The van der Waals surface area contributed by atoms with Crippen LogP contribution in [0.1, 0.15) is 19.3 Å². The van der Waals surface area contributed by atoms with Gasteiger partial charge in [0.25, 0.3) is 0 Å². The Morgan fingerprint density at radius 2 is 1.83 bits per heavy atom. The van der Waals surface area contributed by atoms with Crippen molar-refractivity contribution < 1.29 is 19.0 Å². The Labute approximate surface area is 107 Å². The largest absolute Gasteiger partial charge is 0.494 e. The lowest BCUT2D eigenvalue weighted by Gasteiger charge is -2.13. The Balaban J connectivity index is 2.61. The summed E-state index contributed by atoms with van der Waals surface area (Å²) in [5.41, 5.74) is 0.611. The molecule has 0 unspecified atom stereocenters. The van der Waals surface area contributed by atoms with Gasteiger partial charge in [0.1, 0.15) is 5.75 Å². The maximum absolute atomic E-state index is 13.5. The number of unbranched alkanes of at least 4 members (excludes halogenated alkanes) is 2. The standard InChI is InChI=1S/C13H20FNO3/c1-17-12-9-13(18-2)11(8-10(12)14)15-6-4-3-5-7-16/h8-9,15-16H,3-7H2,1-2H3. The first kappa shape index (κ1) is 14.6. The highest BCUT2D eigenvalue weighted by molar-refractivity contribution is 5.59. The lowest BCUT2D eigenvalue weighted by atomic mass is 10.2. The minimum Gasteiger partial charge on any atom is -0.494 e. The lowest BCUT2D eigenvalue weighted by Crippen LogP contribution is -2.04. The quantitative estimate of drug-likeness (QED) is 0.702. The molecule has 0 aromatic heterocycles. The van der Waals surface area contributed by atoms with Crippen molar-refractivity contribution in [3.8, 4) is 11.5 Å². The molecule has 0 atom stereocenters. The topological polar surface area (TPSA) is 50.7 Å². The molecule has 0 aliphatic heterocycles. The highest BCUT2D eigenvalue weighted by Crippen LogP contribution is 2.31. The molecule has 0 aliphatic carbocycles. The van der Waals surface area contributed by atoms with Gasteiger partial charge in [-0.1, -0.05) is 0 Å². The molecule has 102 valence electrons. The van der Waals surface area contributed by atoms with Gasteiger partial charge >= 0.3 is 0 Å². The zero-order valence-corrected chi connectivity index (χ0v) is 10.8. The SMILES string of the molecule is COc1cc(OC)c(NCCCCCO)cc1F. The fourth-order valence-corrected chi connectivity index (χ4v) is 1.63. The molecule has 1 aromatic carbocycles. The summed E-state index contributed by atoms with van der Waals surface area (Å²) < 4.78 is 23.6. The summed E-state index contributed by atoms with van der Waals surface area (Å²) >= 11 is 0. The average Bonchev–Trinajstić information content (AvgIpc) is 2.38. The van der Waals surface area contributed by atoms with Crippen LogP contribution in [0.2, 0.25) is 0 Å². The molecule has 0 fully saturated rings. The van der Waals surface area contributed by atoms with Crippen molar-refractivity contribution in [2.45, 2.75) is 19.3 Å². The smallest absolute Gasteiger partial charge is 0.167 e. The third kappa shape index (κ3) is 4.07. The molecule has 0 heterocycles. The second kappa shape index (κ2) is 7.76. The van der Waals surface area contributed by atoms with E-state index in [1.165, 1.54) is 26.4 Å². The van der Waals surface area contributed by atoms with Crippen molar-refractivity contribution in [1.82, 2.24) is 0 Å². The maximum atomic E-state index is 13.5. The van der Waals surface area contributed by atoms with Gasteiger partial charge in [-0.2, -0.15) is 0 Å². The van der Waals surface area contributed by atoms with Crippen LogP contribution in [0.5, 0.6) is 11.5 Å². The van der Waals surface area contributed by atoms with Gasteiger partial charge in [0.05, 0.1) is 19.9 Å². The summed E-state index contributed by atoms with van der Waals surface area (Å²) in [6.45, 7) is 0.919. The molecule has 5 heteroatoms. The van der Waals surface area contributed by atoms with Gasteiger partial charge in [-0.15, -0.1) is 0 Å². The van der Waals surface area contributed by atoms with Crippen LogP contribution in [-0.4, -0.2) is 32.5 Å². The summed E-state index contributed by atoms with van der Waals surface area (Å²) in [6.07, 6.45) is 2.64. The number of aliphatic hydroxyl groups is 1. The molecule has 1 rings (SSSR count). The van der Waals surface area contributed by atoms with Crippen LogP contribution in [-0.2, 0) is 0 Å². The molecule has 0 spiro atoms. The van der Waals surface area contributed by atoms with E-state index in [1.54, 1.807) is 0 Å². The molecule has 0 radical (unpaired) electrons. The fourth-order valence-electron chi connectivity index (χ4n) is 1.63. The van der Waals surface area contributed by atoms with Gasteiger partial charge in [0.2, 0.25) is 0 Å². The summed E-state index contributed by atoms with van der Waals surface area (Å²) in [6, 6.07) is 2.88. The van der Waals surface area contributed by atoms with Gasteiger partial charge in [0.15, 0.2) is 11.6 Å². The lowest BCUT2D eigenvalue weighted by molar-refractivity contribution is 0.283. The fraction of sp³-hybridized carbons (Fsp3) is 0.538. The van der Waals surface area contributed by atoms with Crippen molar-refractivity contribution in [2.24, 2.45) is 0 Å². The summed E-state index contributed by atoms with van der Waals surface area (Å²) in [4.78, 5) is 0. The highest BCUT2D eigenvalue weighted by atomic mass is 19.1. The predicted octanol–water partition coefficient (Wildman–Crippen LogP) is 2.42. The molecule has 2 N–H and O–H groups in total. The van der Waals surface area contributed by atoms with Crippen LogP contribution in [0.3, 0.4) is 0 Å². The third-order valence-corrected chi connectivity index (χ3v) is 2.62. The zero-order chi connectivity index (χ0) is 13.4. The van der Waals surface area contributed by atoms with Gasteiger partial charge in [-0.25, -0.2) is 4.39 Å². The molecule has 4 nitrogen and oxygen atoms in total. The van der Waals surface area contributed by atoms with Crippen molar-refractivity contribution in [1.29, 1.82) is 0 Å². The second-order valence-corrected chi connectivity index (χ2v) is 3.90. The van der Waals surface area contributed by atoms with E-state index in [0.717, 1.165) is 19.3 Å². The van der Waals surface area contributed by atoms with Crippen LogP contribution in [0, 0.1) is 5.82 Å². The molecule has 0 amide bonds. The Kier molecular flexibility index (Phi) is 6.28. The molecule has 0 bridgehead atoms. The van der Waals surface area contributed by atoms with Gasteiger partial charge in [-0.05, 0) is 19.3 Å². The number of benzene rings is 1. The van der Waals surface area contributed by atoms with Crippen LogP contribution < -0.4 is 14.8 Å². The Hall–Kier alpha value is -1.49. The van der Waals surface area contributed by atoms with E-state index in [2.05, 4.69) is 5.32 Å². The molecule has 0 saturated carbocycles. The van der Waals surface area contributed by atoms with Crippen molar-refractivity contribution in [3.05, 3.63) is 17.9 Å². The van der Waals surface area contributed by atoms with Crippen LogP contribution in [0.4, 0.5) is 10.1 Å². The second-order valence-electron chi connectivity index (χ2n) is 3.90. The van der Waals surface area contributed by atoms with Crippen LogP contribution >= 0.6 is 0 Å². The van der Waals surface area contributed by atoms with E-state index in [1.807, 2.05) is 0 Å².